The first-order valence-corrected chi connectivity index (χ1v) is 11.8. The Kier molecular flexibility index (Phi) is 6.74. The molecule has 1 atom stereocenters. The summed E-state index contributed by atoms with van der Waals surface area (Å²) in [5.74, 6) is -3.48. The molecular formula is C18H20F2N2O3S3. The summed E-state index contributed by atoms with van der Waals surface area (Å²) in [6, 6.07) is 9.69. The first-order valence-electron chi connectivity index (χ1n) is 8.68. The number of rotatable bonds is 6. The summed E-state index contributed by atoms with van der Waals surface area (Å²) in [7, 11) is -3.64. The van der Waals surface area contributed by atoms with Gasteiger partial charge < -0.3 is 5.32 Å². The molecule has 0 saturated carbocycles. The van der Waals surface area contributed by atoms with Crippen LogP contribution in [0, 0.1) is 12.8 Å². The molecule has 3 rings (SSSR count). The lowest BCUT2D eigenvalue weighted by Crippen LogP contribution is -2.43. The van der Waals surface area contributed by atoms with E-state index in [1.807, 2.05) is 6.92 Å². The molecule has 152 valence electrons. The molecule has 1 fully saturated rings. The van der Waals surface area contributed by atoms with Crippen LogP contribution in [0.25, 0.3) is 0 Å². The maximum atomic E-state index is 12.8. The van der Waals surface area contributed by atoms with E-state index in [1.54, 1.807) is 30.3 Å². The number of sulfonamides is 1. The van der Waals surface area contributed by atoms with E-state index in [4.69, 9.17) is 0 Å². The largest absolute Gasteiger partial charge is 0.325 e. The number of amides is 1. The van der Waals surface area contributed by atoms with Crippen molar-refractivity contribution in [3.63, 3.8) is 0 Å². The summed E-state index contributed by atoms with van der Waals surface area (Å²) in [5, 5.41) is 2.69. The highest BCUT2D eigenvalue weighted by Crippen LogP contribution is 2.33. The van der Waals surface area contributed by atoms with Crippen LogP contribution < -0.4 is 5.32 Å². The molecule has 1 aromatic carbocycles. The van der Waals surface area contributed by atoms with Crippen LogP contribution in [0.15, 0.2) is 45.5 Å². The van der Waals surface area contributed by atoms with Gasteiger partial charge in [-0.3, -0.25) is 4.79 Å². The van der Waals surface area contributed by atoms with E-state index in [2.05, 4.69) is 5.32 Å². The summed E-state index contributed by atoms with van der Waals surface area (Å²) in [4.78, 5) is 13.9. The molecule has 0 aliphatic carbocycles. The highest BCUT2D eigenvalue weighted by atomic mass is 32.2. The highest BCUT2D eigenvalue weighted by molar-refractivity contribution is 7.99. The third kappa shape index (κ3) is 4.91. The molecule has 2 aromatic rings. The Morgan fingerprint density at radius 2 is 2.04 bits per heavy atom. The maximum absolute atomic E-state index is 12.8. The lowest BCUT2D eigenvalue weighted by atomic mass is 9.99. The molecular weight excluding hydrogens is 426 g/mol. The predicted molar refractivity (Wildman–Crippen MR) is 107 cm³/mol. The number of benzene rings is 1. The summed E-state index contributed by atoms with van der Waals surface area (Å²) < 4.78 is 52.7. The zero-order valence-electron chi connectivity index (χ0n) is 15.1. The van der Waals surface area contributed by atoms with Gasteiger partial charge in [0.25, 0.3) is 15.8 Å². The molecule has 0 radical (unpaired) electrons. The standard InChI is InChI=1S/C18H20F2N2O3S3/c1-12-8-9-16(26-12)28(24,25)22-10-4-5-13(11-22)17(23)21-14-6-2-3-7-15(14)27-18(19)20/h2-3,6-9,13,18H,4-5,10-11H2,1H3,(H,21,23). The van der Waals surface area contributed by atoms with Crippen LogP contribution in [0.3, 0.4) is 0 Å². The fraction of sp³-hybridized carbons (Fsp3) is 0.389. The SMILES string of the molecule is Cc1ccc(S(=O)(=O)N2CCCC(C(=O)Nc3ccccc3SC(F)F)C2)s1. The van der Waals surface area contributed by atoms with Crippen molar-refractivity contribution in [2.45, 2.75) is 34.6 Å². The van der Waals surface area contributed by atoms with E-state index in [-0.39, 0.29) is 21.6 Å². The monoisotopic (exact) mass is 446 g/mol. The summed E-state index contributed by atoms with van der Waals surface area (Å²) >= 11 is 1.57. The number of piperidine rings is 1. The molecule has 1 amide bonds. The van der Waals surface area contributed by atoms with E-state index < -0.39 is 21.7 Å². The van der Waals surface area contributed by atoms with E-state index >= 15 is 0 Å². The molecule has 0 bridgehead atoms. The summed E-state index contributed by atoms with van der Waals surface area (Å²) in [6.45, 7) is 2.28. The van der Waals surface area contributed by atoms with Gasteiger partial charge in [0.1, 0.15) is 4.21 Å². The van der Waals surface area contributed by atoms with Crippen molar-refractivity contribution in [1.82, 2.24) is 4.31 Å². The fourth-order valence-electron chi connectivity index (χ4n) is 3.06. The number of hydrogen-bond acceptors (Lipinski definition) is 5. The van der Waals surface area contributed by atoms with Crippen molar-refractivity contribution in [2.24, 2.45) is 5.92 Å². The Bertz CT molecular complexity index is 947. The number of carbonyl (C=O) groups excluding carboxylic acids is 1. The van der Waals surface area contributed by atoms with Crippen LogP contribution in [0.5, 0.6) is 0 Å². The first kappa shape index (κ1) is 21.2. The van der Waals surface area contributed by atoms with Crippen LogP contribution in [-0.2, 0) is 14.8 Å². The smallest absolute Gasteiger partial charge is 0.288 e. The summed E-state index contributed by atoms with van der Waals surface area (Å²) in [5.41, 5.74) is 0.312. The van der Waals surface area contributed by atoms with Crippen molar-refractivity contribution in [3.05, 3.63) is 41.3 Å². The zero-order chi connectivity index (χ0) is 20.3. The van der Waals surface area contributed by atoms with Gasteiger partial charge >= 0.3 is 0 Å². The topological polar surface area (TPSA) is 66.5 Å². The van der Waals surface area contributed by atoms with Gasteiger partial charge in [-0.2, -0.15) is 13.1 Å². The van der Waals surface area contributed by atoms with Gasteiger partial charge in [0.2, 0.25) is 5.91 Å². The minimum atomic E-state index is -3.64. The van der Waals surface area contributed by atoms with Crippen molar-refractivity contribution >= 4 is 44.7 Å². The van der Waals surface area contributed by atoms with Gasteiger partial charge in [0.15, 0.2) is 0 Å². The fourth-order valence-corrected chi connectivity index (χ4v) is 6.61. The zero-order valence-corrected chi connectivity index (χ0v) is 17.5. The van der Waals surface area contributed by atoms with Crippen LogP contribution in [0.4, 0.5) is 14.5 Å². The van der Waals surface area contributed by atoms with Gasteiger partial charge in [0.05, 0.1) is 11.6 Å². The number of hydrogen-bond donors (Lipinski definition) is 1. The predicted octanol–water partition coefficient (Wildman–Crippen LogP) is 4.41. The number of nitrogens with zero attached hydrogens (tertiary/aromatic N) is 1. The summed E-state index contributed by atoms with van der Waals surface area (Å²) in [6.07, 6.45) is 1.11. The molecule has 1 aromatic heterocycles. The van der Waals surface area contributed by atoms with Crippen LogP contribution in [0.2, 0.25) is 0 Å². The minimum absolute atomic E-state index is 0.0786. The Balaban J connectivity index is 1.72. The molecule has 1 aliphatic rings. The van der Waals surface area contributed by atoms with Crippen molar-refractivity contribution < 1.29 is 22.0 Å². The van der Waals surface area contributed by atoms with Gasteiger partial charge in [-0.1, -0.05) is 23.9 Å². The molecule has 10 heteroatoms. The van der Waals surface area contributed by atoms with Gasteiger partial charge in [-0.15, -0.1) is 11.3 Å². The highest BCUT2D eigenvalue weighted by Gasteiger charge is 2.34. The normalized spacial score (nSPS) is 18.4. The Labute approximate surface area is 171 Å². The number of halogens is 2. The third-order valence-corrected chi connectivity index (χ3v) is 8.55. The molecule has 2 heterocycles. The molecule has 5 nitrogen and oxygen atoms in total. The van der Waals surface area contributed by atoms with E-state index in [0.29, 0.717) is 36.8 Å². The first-order chi connectivity index (χ1) is 13.3. The quantitative estimate of drug-likeness (QED) is 0.668. The van der Waals surface area contributed by atoms with Gasteiger partial charge in [-0.25, -0.2) is 8.42 Å². The number of carbonyl (C=O) groups is 1. The molecule has 0 spiro atoms. The van der Waals surface area contributed by atoms with Gasteiger partial charge in [-0.05, 0) is 44.0 Å². The second-order valence-corrected chi connectivity index (χ2v) is 10.9. The molecule has 1 saturated heterocycles. The number of alkyl halides is 2. The van der Waals surface area contributed by atoms with Crippen LogP contribution in [0.1, 0.15) is 17.7 Å². The second-order valence-electron chi connectivity index (χ2n) is 6.43. The Hall–Kier alpha value is -1.49. The number of thioether (sulfide) groups is 1. The second kappa shape index (κ2) is 8.89. The number of aryl methyl sites for hydroxylation is 1. The Morgan fingerprint density at radius 3 is 2.71 bits per heavy atom. The molecule has 1 aliphatic heterocycles. The van der Waals surface area contributed by atoms with Gasteiger partial charge in [0, 0.05) is 22.9 Å². The number of anilines is 1. The van der Waals surface area contributed by atoms with Crippen molar-refractivity contribution in [3.8, 4) is 0 Å². The number of para-hydroxylation sites is 1. The van der Waals surface area contributed by atoms with E-state index in [1.165, 1.54) is 21.7 Å². The Morgan fingerprint density at radius 1 is 1.29 bits per heavy atom. The minimum Gasteiger partial charge on any atom is -0.325 e. The van der Waals surface area contributed by atoms with Crippen molar-refractivity contribution in [1.29, 1.82) is 0 Å². The number of nitrogens with one attached hydrogen (secondary N) is 1. The average Bonchev–Trinajstić information content (AvgIpc) is 3.10. The van der Waals surface area contributed by atoms with Crippen molar-refractivity contribution in [2.75, 3.05) is 18.4 Å². The lowest BCUT2D eigenvalue weighted by molar-refractivity contribution is -0.120. The molecule has 1 unspecified atom stereocenters. The average molecular weight is 447 g/mol. The third-order valence-electron chi connectivity index (χ3n) is 4.43. The van der Waals surface area contributed by atoms with Crippen LogP contribution >= 0.6 is 23.1 Å². The van der Waals surface area contributed by atoms with E-state index in [0.717, 1.165) is 4.88 Å². The number of thiophene rings is 1. The molecule has 28 heavy (non-hydrogen) atoms. The lowest BCUT2D eigenvalue weighted by Gasteiger charge is -2.31. The van der Waals surface area contributed by atoms with E-state index in [9.17, 15) is 22.0 Å². The maximum Gasteiger partial charge on any atom is 0.288 e. The van der Waals surface area contributed by atoms with Crippen LogP contribution in [-0.4, -0.2) is 37.5 Å². The molecule has 1 N–H and O–H groups in total.